The maximum Gasteiger partial charge on any atom is 0.408 e. The Hall–Kier alpha value is -4.13. The normalized spacial score (nSPS) is 15.1. The van der Waals surface area contributed by atoms with E-state index in [9.17, 15) is 14.4 Å². The van der Waals surface area contributed by atoms with Crippen molar-refractivity contribution < 1.29 is 19.1 Å². The summed E-state index contributed by atoms with van der Waals surface area (Å²) >= 11 is 0. The van der Waals surface area contributed by atoms with Gasteiger partial charge in [-0.3, -0.25) is 9.59 Å². The van der Waals surface area contributed by atoms with Crippen LogP contribution in [0.2, 0.25) is 0 Å². The van der Waals surface area contributed by atoms with Gasteiger partial charge < -0.3 is 15.0 Å². The summed E-state index contributed by atoms with van der Waals surface area (Å²) in [6, 6.07) is 17.5. The number of fused-ring (bicyclic) bond motifs is 1. The van der Waals surface area contributed by atoms with Crippen molar-refractivity contribution >= 4 is 35.2 Å². The number of anilines is 1. The second kappa shape index (κ2) is 9.85. The number of ether oxygens (including phenoxy) is 1. The maximum atomic E-state index is 13.9. The Morgan fingerprint density at radius 2 is 1.72 bits per heavy atom. The van der Waals surface area contributed by atoms with E-state index in [4.69, 9.17) is 4.74 Å². The number of aromatic nitrogens is 1. The van der Waals surface area contributed by atoms with Gasteiger partial charge in [0.05, 0.1) is 11.3 Å². The van der Waals surface area contributed by atoms with E-state index >= 15 is 0 Å². The lowest BCUT2D eigenvalue weighted by Crippen LogP contribution is -2.51. The van der Waals surface area contributed by atoms with Crippen molar-refractivity contribution in [2.75, 3.05) is 4.90 Å². The third-order valence-electron chi connectivity index (χ3n) is 5.84. The molecular formula is C29H31N3O4. The summed E-state index contributed by atoms with van der Waals surface area (Å²) in [5.41, 5.74) is 4.48. The molecule has 4 rings (SSSR count). The van der Waals surface area contributed by atoms with Crippen LogP contribution in [-0.2, 0) is 20.7 Å². The molecule has 0 saturated carbocycles. The van der Waals surface area contributed by atoms with Crippen LogP contribution in [-0.4, -0.2) is 34.5 Å². The minimum Gasteiger partial charge on any atom is -0.444 e. The largest absolute Gasteiger partial charge is 0.444 e. The average Bonchev–Trinajstić information content (AvgIpc) is 3.27. The number of para-hydroxylation sites is 1. The predicted molar refractivity (Wildman–Crippen MR) is 140 cm³/mol. The molecule has 0 fully saturated rings. The molecule has 0 spiro atoms. The molecule has 2 aromatic carbocycles. The molecule has 2 heterocycles. The highest BCUT2D eigenvalue weighted by Crippen LogP contribution is 2.38. The molecule has 7 heteroatoms. The van der Waals surface area contributed by atoms with Crippen LogP contribution in [0.1, 0.15) is 48.8 Å². The number of H-pyrrole nitrogens is 1. The van der Waals surface area contributed by atoms with Gasteiger partial charge in [0.2, 0.25) is 0 Å². The van der Waals surface area contributed by atoms with E-state index in [2.05, 4.69) is 10.3 Å². The Bertz CT molecular complexity index is 1330. The fraction of sp³-hybridized carbons (Fsp3) is 0.276. The number of carbonyl (C=O) groups is 3. The number of imide groups is 1. The molecule has 3 aromatic rings. The number of amides is 3. The van der Waals surface area contributed by atoms with Gasteiger partial charge >= 0.3 is 6.09 Å². The van der Waals surface area contributed by atoms with E-state index in [0.717, 1.165) is 27.4 Å². The number of nitrogens with zero attached hydrogens (tertiary/aromatic N) is 1. The Morgan fingerprint density at radius 1 is 1.06 bits per heavy atom. The highest BCUT2D eigenvalue weighted by molar-refractivity contribution is 6.42. The highest BCUT2D eigenvalue weighted by atomic mass is 16.6. The van der Waals surface area contributed by atoms with Crippen molar-refractivity contribution in [3.05, 3.63) is 88.7 Å². The predicted octanol–water partition coefficient (Wildman–Crippen LogP) is 5.18. The molecule has 1 unspecified atom stereocenters. The lowest BCUT2D eigenvalue weighted by Gasteiger charge is -2.26. The first kappa shape index (κ1) is 25.0. The Morgan fingerprint density at radius 3 is 2.36 bits per heavy atom. The number of hydrogen-bond donors (Lipinski definition) is 2. The van der Waals surface area contributed by atoms with E-state index in [1.807, 2.05) is 62.4 Å². The number of alkyl carbamates (subject to hydrolysis) is 1. The van der Waals surface area contributed by atoms with Gasteiger partial charge in [-0.1, -0.05) is 48.5 Å². The number of aryl methyl sites for hydroxylation is 2. The first-order valence-electron chi connectivity index (χ1n) is 11.9. The molecule has 2 N–H and O–H groups in total. The van der Waals surface area contributed by atoms with Crippen LogP contribution in [0.3, 0.4) is 0 Å². The van der Waals surface area contributed by atoms with E-state index in [-0.39, 0.29) is 6.42 Å². The van der Waals surface area contributed by atoms with Crippen molar-refractivity contribution in [3.8, 4) is 0 Å². The van der Waals surface area contributed by atoms with Crippen LogP contribution in [0.5, 0.6) is 0 Å². The van der Waals surface area contributed by atoms with Gasteiger partial charge in [0.1, 0.15) is 11.6 Å². The molecule has 1 atom stereocenters. The Kier molecular flexibility index (Phi) is 6.84. The summed E-state index contributed by atoms with van der Waals surface area (Å²) in [7, 11) is 0. The molecule has 7 nitrogen and oxygen atoms in total. The van der Waals surface area contributed by atoms with Crippen LogP contribution >= 0.6 is 0 Å². The molecule has 0 bridgehead atoms. The number of benzene rings is 2. The second-order valence-corrected chi connectivity index (χ2v) is 9.99. The minimum absolute atomic E-state index is 0.207. The van der Waals surface area contributed by atoms with Crippen LogP contribution in [0.4, 0.5) is 10.5 Å². The Balaban J connectivity index is 1.71. The third kappa shape index (κ3) is 5.40. The van der Waals surface area contributed by atoms with Crippen molar-refractivity contribution in [2.24, 2.45) is 0 Å². The molecule has 1 aliphatic heterocycles. The first-order valence-corrected chi connectivity index (χ1v) is 11.9. The maximum absolute atomic E-state index is 13.9. The SMILES string of the molecule is Cc1cc(C)c(/C=C2\C(=O)N(C(=O)C(Cc3ccccc3)NC(=O)OC(C)(C)C)c3ccccc32)[nH]1. The van der Waals surface area contributed by atoms with Gasteiger partial charge in [-0.05, 0) is 64.0 Å². The van der Waals surface area contributed by atoms with E-state index in [1.54, 1.807) is 39.0 Å². The third-order valence-corrected chi connectivity index (χ3v) is 5.84. The smallest absolute Gasteiger partial charge is 0.408 e. The molecular weight excluding hydrogens is 454 g/mol. The lowest BCUT2D eigenvalue weighted by atomic mass is 10.0. The zero-order valence-electron chi connectivity index (χ0n) is 21.2. The van der Waals surface area contributed by atoms with Crippen molar-refractivity contribution in [1.82, 2.24) is 10.3 Å². The molecule has 1 aromatic heterocycles. The summed E-state index contributed by atoms with van der Waals surface area (Å²) < 4.78 is 5.41. The van der Waals surface area contributed by atoms with E-state index < -0.39 is 29.6 Å². The number of aromatic amines is 1. The number of hydrogen-bond acceptors (Lipinski definition) is 4. The average molecular weight is 486 g/mol. The molecule has 0 aliphatic carbocycles. The summed E-state index contributed by atoms with van der Waals surface area (Å²) in [5, 5.41) is 2.70. The van der Waals surface area contributed by atoms with E-state index in [1.165, 1.54) is 0 Å². The fourth-order valence-electron chi connectivity index (χ4n) is 4.30. The van der Waals surface area contributed by atoms with Gasteiger partial charge in [-0.15, -0.1) is 0 Å². The van der Waals surface area contributed by atoms with Gasteiger partial charge in [0.25, 0.3) is 11.8 Å². The van der Waals surface area contributed by atoms with E-state index in [0.29, 0.717) is 16.8 Å². The number of nitrogens with one attached hydrogen (secondary N) is 2. The monoisotopic (exact) mass is 485 g/mol. The number of rotatable bonds is 5. The second-order valence-electron chi connectivity index (χ2n) is 9.99. The highest BCUT2D eigenvalue weighted by Gasteiger charge is 2.40. The zero-order chi connectivity index (χ0) is 26.0. The van der Waals surface area contributed by atoms with Gasteiger partial charge in [-0.25, -0.2) is 9.69 Å². The quantitative estimate of drug-likeness (QED) is 0.487. The van der Waals surface area contributed by atoms with Crippen LogP contribution in [0, 0.1) is 13.8 Å². The number of carbonyl (C=O) groups excluding carboxylic acids is 3. The van der Waals surface area contributed by atoms with Crippen molar-refractivity contribution in [3.63, 3.8) is 0 Å². The van der Waals surface area contributed by atoms with Gasteiger partial charge in [-0.2, -0.15) is 0 Å². The molecule has 3 amide bonds. The summed E-state index contributed by atoms with van der Waals surface area (Å²) in [6.07, 6.45) is 1.27. The summed E-state index contributed by atoms with van der Waals surface area (Å²) in [4.78, 5) is 44.6. The fourth-order valence-corrected chi connectivity index (χ4v) is 4.30. The zero-order valence-corrected chi connectivity index (χ0v) is 21.2. The topological polar surface area (TPSA) is 91.5 Å². The van der Waals surface area contributed by atoms with Crippen LogP contribution in [0.15, 0.2) is 60.7 Å². The Labute approximate surface area is 211 Å². The van der Waals surface area contributed by atoms with Gasteiger partial charge in [0, 0.05) is 23.4 Å². The van der Waals surface area contributed by atoms with Gasteiger partial charge in [0.15, 0.2) is 0 Å². The molecule has 0 radical (unpaired) electrons. The first-order chi connectivity index (χ1) is 17.0. The summed E-state index contributed by atoms with van der Waals surface area (Å²) in [5.74, 6) is -0.957. The van der Waals surface area contributed by atoms with Crippen LogP contribution in [0.25, 0.3) is 11.6 Å². The molecule has 0 saturated heterocycles. The molecule has 1 aliphatic rings. The minimum atomic E-state index is -1.01. The lowest BCUT2D eigenvalue weighted by molar-refractivity contribution is -0.125. The summed E-state index contributed by atoms with van der Waals surface area (Å²) in [6.45, 7) is 9.17. The molecule has 186 valence electrons. The standard InChI is InChI=1S/C29H31N3O4/c1-18-15-19(2)30-23(18)17-22-21-13-9-10-14-25(21)32(26(22)33)27(34)24(16-20-11-7-6-8-12-20)31-28(35)36-29(3,4)5/h6-15,17,24,30H,16H2,1-5H3,(H,31,35)/b22-17-. The van der Waals surface area contributed by atoms with Crippen molar-refractivity contribution in [2.45, 2.75) is 52.7 Å². The molecule has 36 heavy (non-hydrogen) atoms. The van der Waals surface area contributed by atoms with Crippen molar-refractivity contribution in [1.29, 1.82) is 0 Å². The van der Waals surface area contributed by atoms with Crippen LogP contribution < -0.4 is 10.2 Å².